The highest BCUT2D eigenvalue weighted by molar-refractivity contribution is 5.97. The van der Waals surface area contributed by atoms with Gasteiger partial charge in [0.1, 0.15) is 5.82 Å². The number of hydrogen-bond acceptors (Lipinski definition) is 4. The normalized spacial score (nSPS) is 15.2. The average Bonchev–Trinajstić information content (AvgIpc) is 2.96. The van der Waals surface area contributed by atoms with E-state index in [9.17, 15) is 4.79 Å². The summed E-state index contributed by atoms with van der Waals surface area (Å²) >= 11 is 0. The van der Waals surface area contributed by atoms with Crippen molar-refractivity contribution in [2.24, 2.45) is 0 Å². The maximum absolute atomic E-state index is 12.9. The lowest BCUT2D eigenvalue weighted by Crippen LogP contribution is -2.35. The summed E-state index contributed by atoms with van der Waals surface area (Å²) < 4.78 is 0. The number of anilines is 2. The number of fused-ring (bicyclic) bond motifs is 1. The van der Waals surface area contributed by atoms with Gasteiger partial charge in [0, 0.05) is 17.1 Å². The van der Waals surface area contributed by atoms with Crippen LogP contribution >= 0.6 is 0 Å². The Kier molecular flexibility index (Phi) is 5.51. The summed E-state index contributed by atoms with van der Waals surface area (Å²) in [5.41, 5.74) is 2.87. The van der Waals surface area contributed by atoms with Crippen molar-refractivity contribution in [1.29, 1.82) is 0 Å². The number of para-hydroxylation sites is 1. The first-order chi connectivity index (χ1) is 13.7. The standard InChI is InChI=1S/C23H26N4O/c1-16-9-8-12-18(15-16)24-21-19-13-6-7-14-20(19)26-22(27-21)23(28)25-17-10-4-2-3-5-11-17/h6-9,12-15,17H,2-5,10-11H2,1H3,(H,25,28)(H,24,26,27). The van der Waals surface area contributed by atoms with Gasteiger partial charge in [0.25, 0.3) is 5.91 Å². The number of rotatable bonds is 4. The second-order valence-corrected chi connectivity index (χ2v) is 7.57. The Bertz CT molecular complexity index is 977. The van der Waals surface area contributed by atoms with Crippen molar-refractivity contribution < 1.29 is 4.79 Å². The summed E-state index contributed by atoms with van der Waals surface area (Å²) in [7, 11) is 0. The lowest BCUT2D eigenvalue weighted by atomic mass is 10.1. The molecule has 144 valence electrons. The molecule has 1 saturated carbocycles. The van der Waals surface area contributed by atoms with Gasteiger partial charge < -0.3 is 10.6 Å². The molecular formula is C23H26N4O. The fourth-order valence-electron chi connectivity index (χ4n) is 3.81. The van der Waals surface area contributed by atoms with Gasteiger partial charge in [-0.25, -0.2) is 9.97 Å². The van der Waals surface area contributed by atoms with Gasteiger partial charge in [-0.05, 0) is 49.6 Å². The quantitative estimate of drug-likeness (QED) is 0.621. The third-order valence-corrected chi connectivity index (χ3v) is 5.28. The van der Waals surface area contributed by atoms with E-state index in [1.54, 1.807) is 0 Å². The number of hydrogen-bond donors (Lipinski definition) is 2. The molecule has 1 aromatic heterocycles. The predicted molar refractivity (Wildman–Crippen MR) is 113 cm³/mol. The van der Waals surface area contributed by atoms with Crippen LogP contribution in [0.1, 0.15) is 54.7 Å². The zero-order valence-corrected chi connectivity index (χ0v) is 16.2. The Balaban J connectivity index is 1.64. The molecule has 0 saturated heterocycles. The maximum Gasteiger partial charge on any atom is 0.289 e. The van der Waals surface area contributed by atoms with Crippen LogP contribution in [0.25, 0.3) is 10.9 Å². The van der Waals surface area contributed by atoms with Crippen molar-refractivity contribution in [3.63, 3.8) is 0 Å². The van der Waals surface area contributed by atoms with Crippen molar-refractivity contribution in [2.75, 3.05) is 5.32 Å². The molecule has 2 N–H and O–H groups in total. The van der Waals surface area contributed by atoms with Crippen LogP contribution in [0, 0.1) is 6.92 Å². The van der Waals surface area contributed by atoms with Crippen LogP contribution in [0.2, 0.25) is 0 Å². The van der Waals surface area contributed by atoms with Crippen molar-refractivity contribution >= 4 is 28.3 Å². The van der Waals surface area contributed by atoms with Gasteiger partial charge in [0.2, 0.25) is 5.82 Å². The van der Waals surface area contributed by atoms with E-state index in [-0.39, 0.29) is 17.8 Å². The minimum atomic E-state index is -0.190. The molecule has 5 heteroatoms. The fraction of sp³-hybridized carbons (Fsp3) is 0.348. The van der Waals surface area contributed by atoms with Gasteiger partial charge in [-0.3, -0.25) is 4.79 Å². The van der Waals surface area contributed by atoms with E-state index in [2.05, 4.69) is 39.7 Å². The molecule has 1 aliphatic rings. The molecule has 1 fully saturated rings. The molecule has 0 bridgehead atoms. The lowest BCUT2D eigenvalue weighted by Gasteiger charge is -2.16. The van der Waals surface area contributed by atoms with E-state index in [1.807, 2.05) is 36.4 Å². The summed E-state index contributed by atoms with van der Waals surface area (Å²) in [5.74, 6) is 0.685. The van der Waals surface area contributed by atoms with Gasteiger partial charge >= 0.3 is 0 Å². The Morgan fingerprint density at radius 3 is 2.54 bits per heavy atom. The van der Waals surface area contributed by atoms with Crippen LogP contribution < -0.4 is 10.6 Å². The zero-order valence-electron chi connectivity index (χ0n) is 16.2. The first-order valence-corrected chi connectivity index (χ1v) is 10.1. The summed E-state index contributed by atoms with van der Waals surface area (Å²) in [6.45, 7) is 2.05. The number of carbonyl (C=O) groups excluding carboxylic acids is 1. The highest BCUT2D eigenvalue weighted by Crippen LogP contribution is 2.24. The zero-order chi connectivity index (χ0) is 19.3. The van der Waals surface area contributed by atoms with Crippen LogP contribution in [-0.2, 0) is 0 Å². The van der Waals surface area contributed by atoms with Gasteiger partial charge in [-0.1, -0.05) is 49.9 Å². The SMILES string of the molecule is Cc1cccc(Nc2nc(C(=O)NC3CCCCCC3)nc3ccccc23)c1. The van der Waals surface area contributed by atoms with Gasteiger partial charge in [0.05, 0.1) is 5.52 Å². The Labute approximate surface area is 165 Å². The molecular weight excluding hydrogens is 348 g/mol. The van der Waals surface area contributed by atoms with Crippen LogP contribution in [0.3, 0.4) is 0 Å². The van der Waals surface area contributed by atoms with Crippen molar-refractivity contribution in [1.82, 2.24) is 15.3 Å². The molecule has 0 atom stereocenters. The van der Waals surface area contributed by atoms with E-state index >= 15 is 0 Å². The molecule has 3 aromatic rings. The number of benzene rings is 2. The molecule has 0 unspecified atom stereocenters. The average molecular weight is 374 g/mol. The minimum Gasteiger partial charge on any atom is -0.347 e. The van der Waals surface area contributed by atoms with Crippen LogP contribution in [0.4, 0.5) is 11.5 Å². The molecule has 1 heterocycles. The third-order valence-electron chi connectivity index (χ3n) is 5.28. The summed E-state index contributed by atoms with van der Waals surface area (Å²) in [6.07, 6.45) is 6.92. The molecule has 4 rings (SSSR count). The lowest BCUT2D eigenvalue weighted by molar-refractivity contribution is 0.0923. The van der Waals surface area contributed by atoms with E-state index in [1.165, 1.54) is 25.7 Å². The van der Waals surface area contributed by atoms with E-state index in [0.717, 1.165) is 35.0 Å². The molecule has 2 aromatic carbocycles. The second-order valence-electron chi connectivity index (χ2n) is 7.57. The summed E-state index contributed by atoms with van der Waals surface area (Å²) in [6, 6.07) is 16.1. The Morgan fingerprint density at radius 1 is 0.964 bits per heavy atom. The van der Waals surface area contributed by atoms with Gasteiger partial charge in [-0.2, -0.15) is 0 Å². The Hall–Kier alpha value is -2.95. The summed E-state index contributed by atoms with van der Waals surface area (Å²) in [4.78, 5) is 22.0. The van der Waals surface area contributed by atoms with Gasteiger partial charge in [0.15, 0.2) is 0 Å². The van der Waals surface area contributed by atoms with E-state index < -0.39 is 0 Å². The molecule has 5 nitrogen and oxygen atoms in total. The topological polar surface area (TPSA) is 66.9 Å². The smallest absolute Gasteiger partial charge is 0.289 e. The number of nitrogens with one attached hydrogen (secondary N) is 2. The minimum absolute atomic E-state index is 0.190. The largest absolute Gasteiger partial charge is 0.347 e. The van der Waals surface area contributed by atoms with Crippen LogP contribution in [0.15, 0.2) is 48.5 Å². The van der Waals surface area contributed by atoms with E-state index in [4.69, 9.17) is 0 Å². The first-order valence-electron chi connectivity index (χ1n) is 10.1. The van der Waals surface area contributed by atoms with Crippen molar-refractivity contribution in [3.8, 4) is 0 Å². The number of aryl methyl sites for hydroxylation is 1. The van der Waals surface area contributed by atoms with Crippen molar-refractivity contribution in [3.05, 3.63) is 59.9 Å². The maximum atomic E-state index is 12.9. The van der Waals surface area contributed by atoms with Crippen molar-refractivity contribution in [2.45, 2.75) is 51.5 Å². The molecule has 1 amide bonds. The molecule has 0 aliphatic heterocycles. The molecule has 0 spiro atoms. The predicted octanol–water partition coefficient (Wildman–Crippen LogP) is 5.13. The highest BCUT2D eigenvalue weighted by atomic mass is 16.2. The van der Waals surface area contributed by atoms with Gasteiger partial charge in [-0.15, -0.1) is 0 Å². The molecule has 0 radical (unpaired) electrons. The highest BCUT2D eigenvalue weighted by Gasteiger charge is 2.19. The van der Waals surface area contributed by atoms with Crippen LogP contribution in [-0.4, -0.2) is 21.9 Å². The molecule has 1 aliphatic carbocycles. The number of carbonyl (C=O) groups is 1. The first kappa shape index (κ1) is 18.4. The molecule has 28 heavy (non-hydrogen) atoms. The fourth-order valence-corrected chi connectivity index (χ4v) is 3.81. The number of nitrogens with zero attached hydrogens (tertiary/aromatic N) is 2. The number of amides is 1. The monoisotopic (exact) mass is 374 g/mol. The Morgan fingerprint density at radius 2 is 1.75 bits per heavy atom. The number of aromatic nitrogens is 2. The second kappa shape index (κ2) is 8.38. The third kappa shape index (κ3) is 4.30. The summed E-state index contributed by atoms with van der Waals surface area (Å²) in [5, 5.41) is 7.41. The van der Waals surface area contributed by atoms with E-state index in [0.29, 0.717) is 5.82 Å². The van der Waals surface area contributed by atoms with Crippen LogP contribution in [0.5, 0.6) is 0 Å².